The topological polar surface area (TPSA) is 87.9 Å². The van der Waals surface area contributed by atoms with E-state index in [1.54, 1.807) is 12.4 Å². The van der Waals surface area contributed by atoms with Gasteiger partial charge in [-0.05, 0) is 24.8 Å². The third kappa shape index (κ3) is 4.87. The van der Waals surface area contributed by atoms with E-state index >= 15 is 0 Å². The number of hydrogen-bond acceptors (Lipinski definition) is 5. The number of piperidine rings is 1. The Balaban J connectivity index is 1.23. The van der Waals surface area contributed by atoms with Gasteiger partial charge in [0.25, 0.3) is 5.56 Å². The number of likely N-dealkylation sites (tertiary alicyclic amines) is 1. The number of nitrogens with zero attached hydrogens (tertiary/aromatic N) is 4. The molecule has 2 aromatic carbocycles. The number of aromatic nitrogens is 2. The van der Waals surface area contributed by atoms with Crippen LogP contribution in [-0.2, 0) is 11.3 Å². The van der Waals surface area contributed by atoms with E-state index in [4.69, 9.17) is 4.74 Å². The number of carbonyl (C=O) groups excluding carboxylic acids is 1. The predicted molar refractivity (Wildman–Crippen MR) is 148 cm³/mol. The van der Waals surface area contributed by atoms with Crippen LogP contribution in [0, 0.1) is 5.41 Å². The lowest BCUT2D eigenvalue weighted by Gasteiger charge is -2.53. The van der Waals surface area contributed by atoms with E-state index in [9.17, 15) is 14.7 Å². The highest BCUT2D eigenvalue weighted by atomic mass is 16.5. The molecule has 2 aliphatic heterocycles. The van der Waals surface area contributed by atoms with Crippen molar-refractivity contribution in [2.75, 3.05) is 32.8 Å². The lowest BCUT2D eigenvalue weighted by atomic mass is 9.66. The highest BCUT2D eigenvalue weighted by molar-refractivity contribution is 5.75. The van der Waals surface area contributed by atoms with Gasteiger partial charge < -0.3 is 19.6 Å². The minimum Gasteiger partial charge on any atom is -0.387 e. The molecule has 2 atom stereocenters. The maximum Gasteiger partial charge on any atom is 0.320 e. The van der Waals surface area contributed by atoms with E-state index in [1.165, 1.54) is 4.57 Å². The minimum absolute atomic E-state index is 0.00604. The maximum absolute atomic E-state index is 13.9. The molecule has 0 unspecified atom stereocenters. The van der Waals surface area contributed by atoms with Crippen LogP contribution in [0.1, 0.15) is 43.7 Å². The number of hydrogen-bond donors (Lipinski definition) is 1. The normalized spacial score (nSPS) is 24.7. The van der Waals surface area contributed by atoms with Gasteiger partial charge in [-0.3, -0.25) is 9.36 Å². The molecular formula is C31H36N4O4. The Morgan fingerprint density at radius 1 is 1.00 bits per heavy atom. The second-order valence-electron chi connectivity index (χ2n) is 11.3. The smallest absolute Gasteiger partial charge is 0.320 e. The maximum atomic E-state index is 13.9. The van der Waals surface area contributed by atoms with Gasteiger partial charge in [0, 0.05) is 36.7 Å². The van der Waals surface area contributed by atoms with Crippen molar-refractivity contribution in [2.45, 2.75) is 50.3 Å². The average molecular weight is 529 g/mol. The second kappa shape index (κ2) is 10.6. The first kappa shape index (κ1) is 25.8. The molecule has 6 rings (SSSR count). The zero-order valence-electron chi connectivity index (χ0n) is 22.2. The Labute approximate surface area is 228 Å². The summed E-state index contributed by atoms with van der Waals surface area (Å²) in [6.07, 6.45) is 5.67. The summed E-state index contributed by atoms with van der Waals surface area (Å²) >= 11 is 0. The van der Waals surface area contributed by atoms with Crippen molar-refractivity contribution >= 4 is 6.03 Å². The van der Waals surface area contributed by atoms with Crippen molar-refractivity contribution in [2.24, 2.45) is 5.41 Å². The van der Waals surface area contributed by atoms with Crippen LogP contribution in [0.5, 0.6) is 0 Å². The van der Waals surface area contributed by atoms with Crippen molar-refractivity contribution in [1.82, 2.24) is 19.4 Å². The minimum atomic E-state index is -1.09. The standard InChI is InChI=1S/C31H36N4O4/c36-28-19-26(24-9-3-1-4-10-24)32-23-34(28)22-31(38)15-16-33(21-30(31)13-7-8-14-30)29(37)35-17-18-39-20-27(35)25-11-5-2-6-12-25/h1-6,9-12,19,23,27,38H,7-8,13-18,20-22H2/t27-,31+/m0/s1. The molecule has 204 valence electrons. The van der Waals surface area contributed by atoms with Gasteiger partial charge in [0.2, 0.25) is 0 Å². The zero-order valence-corrected chi connectivity index (χ0v) is 22.2. The van der Waals surface area contributed by atoms with E-state index < -0.39 is 11.0 Å². The fourth-order valence-corrected chi connectivity index (χ4v) is 6.82. The van der Waals surface area contributed by atoms with Crippen LogP contribution in [0.2, 0.25) is 0 Å². The van der Waals surface area contributed by atoms with E-state index in [0.717, 1.165) is 36.8 Å². The highest BCUT2D eigenvalue weighted by Gasteiger charge is 2.56. The van der Waals surface area contributed by atoms with Crippen molar-refractivity contribution < 1.29 is 14.6 Å². The molecule has 2 amide bonds. The predicted octanol–water partition coefficient (Wildman–Crippen LogP) is 4.10. The fourth-order valence-electron chi connectivity index (χ4n) is 6.82. The first-order valence-electron chi connectivity index (χ1n) is 14.0. The van der Waals surface area contributed by atoms with Crippen LogP contribution in [0.15, 0.2) is 77.9 Å². The molecule has 3 aromatic rings. The van der Waals surface area contributed by atoms with Crippen molar-refractivity contribution in [1.29, 1.82) is 0 Å². The number of carbonyl (C=O) groups is 1. The van der Waals surface area contributed by atoms with E-state index in [0.29, 0.717) is 45.0 Å². The molecule has 1 aromatic heterocycles. The van der Waals surface area contributed by atoms with Gasteiger partial charge in [0.15, 0.2) is 0 Å². The van der Waals surface area contributed by atoms with E-state index in [-0.39, 0.29) is 24.2 Å². The van der Waals surface area contributed by atoms with E-state index in [1.807, 2.05) is 70.5 Å². The Kier molecular flexibility index (Phi) is 6.99. The van der Waals surface area contributed by atoms with Crippen LogP contribution < -0.4 is 5.56 Å². The van der Waals surface area contributed by atoms with Crippen LogP contribution in [0.25, 0.3) is 11.3 Å². The molecule has 8 nitrogen and oxygen atoms in total. The largest absolute Gasteiger partial charge is 0.387 e. The molecular weight excluding hydrogens is 492 g/mol. The lowest BCUT2D eigenvalue weighted by Crippen LogP contribution is -2.64. The number of morpholine rings is 1. The number of rotatable bonds is 4. The third-order valence-electron chi connectivity index (χ3n) is 9.05. The summed E-state index contributed by atoms with van der Waals surface area (Å²) in [6, 6.07) is 21.1. The molecule has 3 heterocycles. The molecule has 3 aliphatic rings. The molecule has 0 bridgehead atoms. The number of amides is 2. The van der Waals surface area contributed by atoms with Gasteiger partial charge in [0.05, 0.1) is 43.4 Å². The van der Waals surface area contributed by atoms with Gasteiger partial charge in [-0.2, -0.15) is 0 Å². The number of ether oxygens (including phenoxy) is 1. The summed E-state index contributed by atoms with van der Waals surface area (Å²) in [6.45, 7) is 2.66. The molecule has 1 aliphatic carbocycles. The summed E-state index contributed by atoms with van der Waals surface area (Å²) in [4.78, 5) is 35.4. The fraction of sp³-hybridized carbons (Fsp3) is 0.452. The number of benzene rings is 2. The van der Waals surface area contributed by atoms with Crippen molar-refractivity contribution in [3.8, 4) is 11.3 Å². The molecule has 0 radical (unpaired) electrons. The quantitative estimate of drug-likeness (QED) is 0.551. The van der Waals surface area contributed by atoms with Crippen LogP contribution in [0.3, 0.4) is 0 Å². The summed E-state index contributed by atoms with van der Waals surface area (Å²) in [5.74, 6) is 0. The lowest BCUT2D eigenvalue weighted by molar-refractivity contribution is -0.137. The van der Waals surface area contributed by atoms with Crippen LogP contribution >= 0.6 is 0 Å². The summed E-state index contributed by atoms with van der Waals surface area (Å²) in [7, 11) is 0. The summed E-state index contributed by atoms with van der Waals surface area (Å²) in [5, 5.41) is 12.2. The number of aliphatic hydroxyl groups is 1. The monoisotopic (exact) mass is 528 g/mol. The number of urea groups is 1. The third-order valence-corrected chi connectivity index (χ3v) is 9.05. The van der Waals surface area contributed by atoms with Crippen molar-refractivity contribution in [3.63, 3.8) is 0 Å². The van der Waals surface area contributed by atoms with Gasteiger partial charge in [-0.15, -0.1) is 0 Å². The van der Waals surface area contributed by atoms with Gasteiger partial charge in [0.1, 0.15) is 0 Å². The summed E-state index contributed by atoms with van der Waals surface area (Å²) < 4.78 is 7.29. The summed E-state index contributed by atoms with van der Waals surface area (Å²) in [5.41, 5.74) is 0.856. The van der Waals surface area contributed by atoms with Crippen LogP contribution in [0.4, 0.5) is 4.79 Å². The van der Waals surface area contributed by atoms with E-state index in [2.05, 4.69) is 4.98 Å². The Hall–Kier alpha value is -3.49. The van der Waals surface area contributed by atoms with Crippen molar-refractivity contribution in [3.05, 3.63) is 89.0 Å². The zero-order chi connectivity index (χ0) is 26.9. The molecule has 3 fully saturated rings. The first-order valence-corrected chi connectivity index (χ1v) is 14.0. The van der Waals surface area contributed by atoms with Crippen LogP contribution in [-0.4, -0.2) is 68.9 Å². The average Bonchev–Trinajstić information content (AvgIpc) is 3.46. The Morgan fingerprint density at radius 2 is 1.72 bits per heavy atom. The Bertz CT molecular complexity index is 1360. The SMILES string of the molecule is O=C(N1CC[C@@](O)(Cn2cnc(-c3ccccc3)cc2=O)C2(CCCC2)C1)N1CCOC[C@H]1c1ccccc1. The molecule has 39 heavy (non-hydrogen) atoms. The highest BCUT2D eigenvalue weighted by Crippen LogP contribution is 2.51. The molecule has 1 spiro atoms. The van der Waals surface area contributed by atoms with Gasteiger partial charge >= 0.3 is 6.03 Å². The Morgan fingerprint density at radius 3 is 2.44 bits per heavy atom. The van der Waals surface area contributed by atoms with Gasteiger partial charge in [-0.25, -0.2) is 9.78 Å². The van der Waals surface area contributed by atoms with Gasteiger partial charge in [-0.1, -0.05) is 73.5 Å². The molecule has 8 heteroatoms. The molecule has 2 saturated heterocycles. The second-order valence-corrected chi connectivity index (χ2v) is 11.3. The molecule has 1 N–H and O–H groups in total. The molecule has 1 saturated carbocycles. The first-order chi connectivity index (χ1) is 19.0.